The van der Waals surface area contributed by atoms with E-state index in [9.17, 15) is 8.42 Å². The lowest BCUT2D eigenvalue weighted by atomic mass is 9.74. The molecular formula is C14H17Br2ClO2S. The molecule has 0 saturated carbocycles. The van der Waals surface area contributed by atoms with Gasteiger partial charge in [-0.3, -0.25) is 0 Å². The first kappa shape index (κ1) is 16.8. The number of rotatable bonds is 5. The van der Waals surface area contributed by atoms with Crippen molar-refractivity contribution in [3.05, 3.63) is 34.9 Å². The summed E-state index contributed by atoms with van der Waals surface area (Å²) in [5.41, 5.74) is 1.06. The SMILES string of the molecule is O=S1(=O)CCC(C(CBr)(CBr)Cc2cccc(Cl)c2)C1. The molecule has 1 aliphatic rings. The van der Waals surface area contributed by atoms with Gasteiger partial charge in [0.15, 0.2) is 9.84 Å². The molecule has 1 saturated heterocycles. The van der Waals surface area contributed by atoms with Crippen LogP contribution >= 0.6 is 43.5 Å². The van der Waals surface area contributed by atoms with Gasteiger partial charge < -0.3 is 0 Å². The van der Waals surface area contributed by atoms with Crippen molar-refractivity contribution in [2.24, 2.45) is 11.3 Å². The smallest absolute Gasteiger partial charge is 0.150 e. The minimum Gasteiger partial charge on any atom is -0.229 e. The summed E-state index contributed by atoms with van der Waals surface area (Å²) >= 11 is 13.2. The zero-order valence-electron chi connectivity index (χ0n) is 11.0. The summed E-state index contributed by atoms with van der Waals surface area (Å²) < 4.78 is 23.5. The third-order valence-corrected chi connectivity index (χ3v) is 8.31. The fraction of sp³-hybridized carbons (Fsp3) is 0.571. The number of benzene rings is 1. The highest BCUT2D eigenvalue weighted by Gasteiger charge is 2.43. The van der Waals surface area contributed by atoms with Crippen LogP contribution in [0.3, 0.4) is 0 Å². The van der Waals surface area contributed by atoms with E-state index in [1.165, 1.54) is 0 Å². The predicted octanol–water partition coefficient (Wildman–Crippen LogP) is 4.09. The largest absolute Gasteiger partial charge is 0.229 e. The summed E-state index contributed by atoms with van der Waals surface area (Å²) in [5.74, 6) is 0.796. The Bertz CT molecular complexity index is 570. The standard InChI is InChI=1S/C14H17Br2ClO2S/c15-9-14(10-16,12-4-5-20(18,19)8-12)7-11-2-1-3-13(17)6-11/h1-3,6,12H,4-5,7-10H2. The minimum atomic E-state index is -2.87. The lowest BCUT2D eigenvalue weighted by molar-refractivity contribution is 0.253. The summed E-state index contributed by atoms with van der Waals surface area (Å²) in [6, 6.07) is 7.81. The molecule has 20 heavy (non-hydrogen) atoms. The van der Waals surface area contributed by atoms with E-state index in [4.69, 9.17) is 11.6 Å². The van der Waals surface area contributed by atoms with Gasteiger partial charge in [0.05, 0.1) is 11.5 Å². The molecule has 0 bridgehead atoms. The minimum absolute atomic E-state index is 0.0890. The van der Waals surface area contributed by atoms with Gasteiger partial charge in [0, 0.05) is 15.7 Å². The molecule has 1 fully saturated rings. The summed E-state index contributed by atoms with van der Waals surface area (Å²) in [6.07, 6.45) is 1.57. The maximum absolute atomic E-state index is 11.8. The number of hydrogen-bond donors (Lipinski definition) is 0. The lowest BCUT2D eigenvalue weighted by Gasteiger charge is -2.36. The van der Waals surface area contributed by atoms with Crippen molar-refractivity contribution in [1.29, 1.82) is 0 Å². The van der Waals surface area contributed by atoms with E-state index < -0.39 is 9.84 Å². The van der Waals surface area contributed by atoms with Crippen molar-refractivity contribution < 1.29 is 8.42 Å². The molecule has 1 aliphatic heterocycles. The van der Waals surface area contributed by atoms with Gasteiger partial charge >= 0.3 is 0 Å². The number of alkyl halides is 2. The third-order valence-electron chi connectivity index (χ3n) is 4.08. The van der Waals surface area contributed by atoms with Crippen molar-refractivity contribution in [2.45, 2.75) is 12.8 Å². The molecule has 0 aromatic heterocycles. The van der Waals surface area contributed by atoms with E-state index >= 15 is 0 Å². The van der Waals surface area contributed by atoms with Crippen LogP contribution in [-0.4, -0.2) is 30.6 Å². The quantitative estimate of drug-likeness (QED) is 0.641. The molecule has 1 unspecified atom stereocenters. The Kier molecular flexibility index (Phi) is 5.60. The first-order valence-electron chi connectivity index (χ1n) is 6.47. The van der Waals surface area contributed by atoms with Crippen LogP contribution in [0.2, 0.25) is 5.02 Å². The highest BCUT2D eigenvalue weighted by molar-refractivity contribution is 9.09. The van der Waals surface area contributed by atoms with E-state index in [2.05, 4.69) is 37.9 Å². The molecular weight excluding hydrogens is 427 g/mol. The van der Waals surface area contributed by atoms with Crippen molar-refractivity contribution in [2.75, 3.05) is 22.2 Å². The molecule has 1 aromatic carbocycles. The second-order valence-electron chi connectivity index (χ2n) is 5.54. The molecule has 2 rings (SSSR count). The Balaban J connectivity index is 2.26. The second kappa shape index (κ2) is 6.67. The molecule has 0 aliphatic carbocycles. The molecule has 0 N–H and O–H groups in total. The van der Waals surface area contributed by atoms with Crippen LogP contribution in [-0.2, 0) is 16.3 Å². The van der Waals surface area contributed by atoms with Crippen molar-refractivity contribution in [1.82, 2.24) is 0 Å². The Morgan fingerprint density at radius 3 is 2.50 bits per heavy atom. The van der Waals surface area contributed by atoms with Crippen LogP contribution < -0.4 is 0 Å². The second-order valence-corrected chi connectivity index (χ2v) is 9.32. The lowest BCUT2D eigenvalue weighted by Crippen LogP contribution is -2.37. The van der Waals surface area contributed by atoms with E-state index in [0.29, 0.717) is 11.5 Å². The van der Waals surface area contributed by atoms with Crippen LogP contribution in [0.25, 0.3) is 0 Å². The molecule has 1 heterocycles. The van der Waals surface area contributed by atoms with Crippen molar-refractivity contribution in [3.63, 3.8) is 0 Å². The molecule has 0 spiro atoms. The number of sulfone groups is 1. The Morgan fingerprint density at radius 1 is 1.30 bits per heavy atom. The van der Waals surface area contributed by atoms with Crippen LogP contribution in [0, 0.1) is 11.3 Å². The molecule has 0 amide bonds. The van der Waals surface area contributed by atoms with Gasteiger partial charge in [0.1, 0.15) is 0 Å². The first-order chi connectivity index (χ1) is 9.41. The van der Waals surface area contributed by atoms with Crippen molar-refractivity contribution in [3.8, 4) is 0 Å². The zero-order valence-corrected chi connectivity index (χ0v) is 15.7. The molecule has 1 aromatic rings. The Morgan fingerprint density at radius 2 is 2.00 bits per heavy atom. The molecule has 2 nitrogen and oxygen atoms in total. The van der Waals surface area contributed by atoms with Gasteiger partial charge in [-0.15, -0.1) is 0 Å². The van der Waals surface area contributed by atoms with Gasteiger partial charge in [-0.05, 0) is 41.9 Å². The third kappa shape index (κ3) is 3.79. The number of hydrogen-bond acceptors (Lipinski definition) is 2. The fourth-order valence-electron chi connectivity index (χ4n) is 2.82. The molecule has 6 heteroatoms. The van der Waals surface area contributed by atoms with Gasteiger partial charge in [-0.1, -0.05) is 55.6 Å². The van der Waals surface area contributed by atoms with Crippen LogP contribution in [0.5, 0.6) is 0 Å². The predicted molar refractivity (Wildman–Crippen MR) is 91.9 cm³/mol. The van der Waals surface area contributed by atoms with Gasteiger partial charge in [-0.25, -0.2) is 8.42 Å². The maximum Gasteiger partial charge on any atom is 0.150 e. The van der Waals surface area contributed by atoms with Crippen LogP contribution in [0.1, 0.15) is 12.0 Å². The fourth-order valence-corrected chi connectivity index (χ4v) is 7.22. The Hall–Kier alpha value is 0.420. The average Bonchev–Trinajstić information content (AvgIpc) is 2.77. The van der Waals surface area contributed by atoms with E-state index in [1.807, 2.05) is 18.2 Å². The zero-order chi connectivity index (χ0) is 14.8. The van der Waals surface area contributed by atoms with Gasteiger partial charge in [0.25, 0.3) is 0 Å². The van der Waals surface area contributed by atoms with E-state index in [-0.39, 0.29) is 11.3 Å². The van der Waals surface area contributed by atoms with Gasteiger partial charge in [-0.2, -0.15) is 0 Å². The summed E-state index contributed by atoms with van der Waals surface area (Å²) in [4.78, 5) is 0. The monoisotopic (exact) mass is 442 g/mol. The molecule has 0 radical (unpaired) electrons. The van der Waals surface area contributed by atoms with E-state index in [0.717, 1.165) is 34.1 Å². The highest BCUT2D eigenvalue weighted by atomic mass is 79.9. The summed E-state index contributed by atoms with van der Waals surface area (Å²) in [6.45, 7) is 0. The topological polar surface area (TPSA) is 34.1 Å². The molecule has 112 valence electrons. The van der Waals surface area contributed by atoms with Crippen molar-refractivity contribution >= 4 is 53.3 Å². The summed E-state index contributed by atoms with van der Waals surface area (Å²) in [7, 11) is -2.87. The van der Waals surface area contributed by atoms with Gasteiger partial charge in [0.2, 0.25) is 0 Å². The number of halogens is 3. The normalized spacial score (nSPS) is 22.1. The van der Waals surface area contributed by atoms with E-state index in [1.54, 1.807) is 0 Å². The average molecular weight is 445 g/mol. The van der Waals surface area contributed by atoms with Crippen LogP contribution in [0.15, 0.2) is 24.3 Å². The molecule has 1 atom stereocenters. The highest BCUT2D eigenvalue weighted by Crippen LogP contribution is 2.42. The summed E-state index contributed by atoms with van der Waals surface area (Å²) in [5, 5.41) is 2.27. The Labute approximate surface area is 142 Å². The van der Waals surface area contributed by atoms with Crippen LogP contribution in [0.4, 0.5) is 0 Å². The maximum atomic E-state index is 11.8. The first-order valence-corrected chi connectivity index (χ1v) is 10.9.